The molecule has 0 saturated carbocycles. The van der Waals surface area contributed by atoms with Crippen LogP contribution in [-0.2, 0) is 34.9 Å². The molecule has 1 aromatic heterocycles. The van der Waals surface area contributed by atoms with Gasteiger partial charge in [0.2, 0.25) is 8.32 Å². The van der Waals surface area contributed by atoms with Crippen LogP contribution in [0.5, 0.6) is 0 Å². The van der Waals surface area contributed by atoms with Gasteiger partial charge in [0.1, 0.15) is 12.2 Å². The lowest BCUT2D eigenvalue weighted by molar-refractivity contribution is -0.0587. The van der Waals surface area contributed by atoms with Gasteiger partial charge in [-0.05, 0) is 40.2 Å². The molecule has 1 fully saturated rings. The summed E-state index contributed by atoms with van der Waals surface area (Å²) in [5.74, 6) is 0. The molecule has 1 spiro atoms. The zero-order valence-electron chi connectivity index (χ0n) is 30.2. The molecule has 11 nitrogen and oxygen atoms in total. The van der Waals surface area contributed by atoms with E-state index in [1.165, 1.54) is 17.8 Å². The number of nitrogens with two attached hydrogens (primary N) is 1. The van der Waals surface area contributed by atoms with Crippen LogP contribution in [0.3, 0.4) is 0 Å². The second kappa shape index (κ2) is 11.3. The van der Waals surface area contributed by atoms with Crippen LogP contribution >= 0.6 is 0 Å². The third kappa shape index (κ3) is 6.13. The van der Waals surface area contributed by atoms with Gasteiger partial charge in [-0.1, -0.05) is 83.1 Å². The van der Waals surface area contributed by atoms with Crippen LogP contribution in [0.2, 0.25) is 33.2 Å². The minimum Gasteiger partial charge on any atom is -0.412 e. The summed E-state index contributed by atoms with van der Waals surface area (Å²) in [4.78, 5) is 26.3. The Morgan fingerprint density at radius 3 is 1.82 bits per heavy atom. The minimum atomic E-state index is -4.24. The van der Waals surface area contributed by atoms with Crippen LogP contribution in [0.4, 0.5) is 0 Å². The van der Waals surface area contributed by atoms with E-state index in [2.05, 4.69) is 83.1 Å². The number of ether oxygens (including phenoxy) is 1. The molecule has 3 heterocycles. The van der Waals surface area contributed by atoms with Gasteiger partial charge in [-0.3, -0.25) is 13.9 Å². The number of aromatic nitrogens is 2. The largest absolute Gasteiger partial charge is 0.412 e. The van der Waals surface area contributed by atoms with Gasteiger partial charge < -0.3 is 19.3 Å². The Morgan fingerprint density at radius 2 is 1.42 bits per heavy atom. The molecule has 2 aliphatic rings. The summed E-state index contributed by atoms with van der Waals surface area (Å²) < 4.78 is 55.5. The topological polar surface area (TPSA) is 141 Å². The summed E-state index contributed by atoms with van der Waals surface area (Å²) >= 11 is 0. The van der Waals surface area contributed by atoms with E-state index < -0.39 is 62.0 Å². The minimum absolute atomic E-state index is 0.0601. The number of aryl methyl sites for hydroxylation is 1. The molecular weight excluding hydrogens is 631 g/mol. The first-order chi connectivity index (χ1) is 19.9. The molecule has 0 aromatic carbocycles. The number of hydrogen-bond donors (Lipinski definition) is 1. The van der Waals surface area contributed by atoms with E-state index in [1.807, 2.05) is 13.1 Å². The molecule has 0 amide bonds. The summed E-state index contributed by atoms with van der Waals surface area (Å²) in [5, 5.41) is -0.144. The van der Waals surface area contributed by atoms with Crippen molar-refractivity contribution in [2.75, 3.05) is 6.61 Å². The van der Waals surface area contributed by atoms with E-state index in [0.29, 0.717) is 5.56 Å². The summed E-state index contributed by atoms with van der Waals surface area (Å²) in [6.45, 7) is 31.4. The second-order valence-corrected chi connectivity index (χ2v) is 29.7. The highest BCUT2D eigenvalue weighted by Gasteiger charge is 2.69. The Bertz CT molecular complexity index is 1530. The van der Waals surface area contributed by atoms with Crippen LogP contribution in [0.1, 0.15) is 94.9 Å². The molecule has 2 unspecified atom stereocenters. The molecule has 0 bridgehead atoms. The maximum absolute atomic E-state index is 13.6. The molecule has 0 radical (unpaired) electrons. The molecular formula is C31H57N3O8SSi2. The molecule has 0 aliphatic carbocycles. The number of rotatable bonds is 6. The van der Waals surface area contributed by atoms with Crippen LogP contribution in [0, 0.1) is 6.92 Å². The van der Waals surface area contributed by atoms with Crippen LogP contribution in [0.25, 0.3) is 0 Å². The second-order valence-electron chi connectivity index (χ2n) is 17.4. The van der Waals surface area contributed by atoms with Gasteiger partial charge in [0.15, 0.2) is 20.1 Å². The molecule has 2 aliphatic heterocycles. The molecule has 2 N–H and O–H groups in total. The zero-order chi connectivity index (χ0) is 35.1. The van der Waals surface area contributed by atoms with E-state index in [4.69, 9.17) is 23.5 Å². The first kappa shape index (κ1) is 37.9. The monoisotopic (exact) mass is 687 g/mol. The van der Waals surface area contributed by atoms with Gasteiger partial charge in [-0.15, -0.1) is 0 Å². The van der Waals surface area contributed by atoms with Crippen molar-refractivity contribution in [3.05, 3.63) is 43.7 Å². The molecule has 258 valence electrons. The summed E-state index contributed by atoms with van der Waals surface area (Å²) in [5.41, 5.74) is 3.97. The normalized spacial score (nSPS) is 26.5. The molecule has 3 rings (SSSR count). The van der Waals surface area contributed by atoms with Gasteiger partial charge in [-0.2, -0.15) is 8.42 Å². The average molecular weight is 688 g/mol. The van der Waals surface area contributed by atoms with Crippen molar-refractivity contribution in [3.63, 3.8) is 0 Å². The van der Waals surface area contributed by atoms with Crippen molar-refractivity contribution < 1.29 is 26.2 Å². The lowest BCUT2D eigenvalue weighted by Crippen LogP contribution is -2.63. The molecule has 45 heavy (non-hydrogen) atoms. The zero-order valence-corrected chi connectivity index (χ0v) is 33.1. The third-order valence-corrected chi connectivity index (χ3v) is 22.5. The lowest BCUT2D eigenvalue weighted by atomic mass is 9.89. The molecule has 1 aromatic rings. The van der Waals surface area contributed by atoms with Gasteiger partial charge in [-0.25, -0.2) is 8.98 Å². The smallest absolute Gasteiger partial charge is 0.332 e. The van der Waals surface area contributed by atoms with Crippen molar-refractivity contribution in [1.29, 1.82) is 0 Å². The predicted molar refractivity (Wildman–Crippen MR) is 183 cm³/mol. The first-order valence-corrected chi connectivity index (χ1v) is 21.9. The van der Waals surface area contributed by atoms with Crippen molar-refractivity contribution in [1.82, 2.24) is 9.13 Å². The van der Waals surface area contributed by atoms with Crippen molar-refractivity contribution in [3.8, 4) is 0 Å². The Kier molecular flexibility index (Phi) is 9.49. The Morgan fingerprint density at radius 1 is 0.933 bits per heavy atom. The fourth-order valence-electron chi connectivity index (χ4n) is 7.96. The van der Waals surface area contributed by atoms with Gasteiger partial charge in [0.05, 0.1) is 17.7 Å². The van der Waals surface area contributed by atoms with E-state index in [-0.39, 0.29) is 32.5 Å². The SMILES string of the molecule is Cc1cn([C@@H]2OC(CO[Si](C(C)(C)C)(C(C)(C)C)C(C)(C)C)C3(OS(=O)(=O)C=C3N)[C@H]2O[Si](C)(C)C(C)(C)C)c(=O)n(C)c1=O. The van der Waals surface area contributed by atoms with E-state index in [9.17, 15) is 18.0 Å². The Hall–Kier alpha value is -1.56. The van der Waals surface area contributed by atoms with E-state index >= 15 is 0 Å². The van der Waals surface area contributed by atoms with Gasteiger partial charge >= 0.3 is 5.69 Å². The fourth-order valence-corrected chi connectivity index (χ4v) is 18.9. The summed E-state index contributed by atoms with van der Waals surface area (Å²) in [7, 11) is -8.37. The maximum atomic E-state index is 13.6. The standard InChI is InChI=1S/C31H57N3O8SSi2/c1-20-17-34(26(36)33(14)24(20)35)25-23(41-44(15,16)27(2,3)4)31(21(32)19-43(37,38)42-31)22(40-25)18-39-45(28(5,6)7,29(8,9)10)30(11,12)13/h17,19,22-23,25H,18,32H2,1-16H3/t22?,23-,25+,31?/m0/s1. The van der Waals surface area contributed by atoms with Crippen LogP contribution in [0.15, 0.2) is 26.9 Å². The van der Waals surface area contributed by atoms with Crippen LogP contribution in [-0.4, -0.2) is 58.6 Å². The fraction of sp³-hybridized carbons (Fsp3) is 0.806. The number of hydrogen-bond acceptors (Lipinski definition) is 9. The van der Waals surface area contributed by atoms with Gasteiger partial charge in [0, 0.05) is 18.8 Å². The maximum Gasteiger partial charge on any atom is 0.332 e. The van der Waals surface area contributed by atoms with Crippen LogP contribution < -0.4 is 17.0 Å². The van der Waals surface area contributed by atoms with Crippen molar-refractivity contribution in [2.45, 2.75) is 147 Å². The number of nitrogens with zero attached hydrogens (tertiary/aromatic N) is 2. The Labute approximate surface area is 271 Å². The summed E-state index contributed by atoms with van der Waals surface area (Å²) in [6, 6.07) is 0. The molecule has 1 saturated heterocycles. The van der Waals surface area contributed by atoms with Gasteiger partial charge in [0.25, 0.3) is 15.7 Å². The highest BCUT2D eigenvalue weighted by atomic mass is 32.2. The Balaban J connectivity index is 2.36. The average Bonchev–Trinajstić information content (AvgIpc) is 3.23. The van der Waals surface area contributed by atoms with Crippen molar-refractivity contribution in [2.24, 2.45) is 12.8 Å². The molecule has 14 heteroatoms. The summed E-state index contributed by atoms with van der Waals surface area (Å²) in [6.07, 6.45) is -1.99. The van der Waals surface area contributed by atoms with E-state index in [0.717, 1.165) is 9.98 Å². The molecule has 4 atom stereocenters. The highest BCUT2D eigenvalue weighted by molar-refractivity contribution is 7.90. The lowest BCUT2D eigenvalue weighted by Gasteiger charge is -2.58. The first-order valence-electron chi connectivity index (χ1n) is 15.6. The quantitative estimate of drug-likeness (QED) is 0.307. The van der Waals surface area contributed by atoms with E-state index in [1.54, 1.807) is 6.92 Å². The highest BCUT2D eigenvalue weighted by Crippen LogP contribution is 2.63. The van der Waals surface area contributed by atoms with Crippen molar-refractivity contribution >= 4 is 26.8 Å². The third-order valence-electron chi connectivity index (χ3n) is 10.0. The predicted octanol–water partition coefficient (Wildman–Crippen LogP) is 5.40.